The van der Waals surface area contributed by atoms with Gasteiger partial charge in [-0.05, 0) is 36.5 Å². The molecule has 1 unspecified atom stereocenters. The van der Waals surface area contributed by atoms with Gasteiger partial charge in [0.2, 0.25) is 0 Å². The van der Waals surface area contributed by atoms with Crippen LogP contribution in [0.3, 0.4) is 0 Å². The van der Waals surface area contributed by atoms with E-state index in [1.165, 1.54) is 5.56 Å². The zero-order valence-corrected chi connectivity index (χ0v) is 19.2. The molecule has 0 spiro atoms. The number of guanidine groups is 1. The fraction of sp³-hybridized carbons (Fsp3) is 0.474. The fourth-order valence-electron chi connectivity index (χ4n) is 3.21. The Labute approximate surface area is 184 Å². The van der Waals surface area contributed by atoms with Gasteiger partial charge in [-0.15, -0.1) is 24.0 Å². The van der Waals surface area contributed by atoms with Crippen molar-refractivity contribution in [2.45, 2.75) is 26.4 Å². The maximum atomic E-state index is 11.6. The highest BCUT2D eigenvalue weighted by molar-refractivity contribution is 14.0. The van der Waals surface area contributed by atoms with E-state index in [4.69, 9.17) is 0 Å². The van der Waals surface area contributed by atoms with Gasteiger partial charge >= 0.3 is 0 Å². The average molecular weight is 517 g/mol. The number of hydrogen-bond donors (Lipinski definition) is 2. The van der Waals surface area contributed by atoms with E-state index in [0.717, 1.165) is 24.5 Å². The predicted octanol–water partition coefficient (Wildman–Crippen LogP) is 2.04. The van der Waals surface area contributed by atoms with Crippen molar-refractivity contribution in [1.82, 2.24) is 20.4 Å². The summed E-state index contributed by atoms with van der Waals surface area (Å²) < 4.78 is 25.1. The molecule has 1 aliphatic heterocycles. The quantitative estimate of drug-likeness (QED) is 0.334. The first-order valence-corrected chi connectivity index (χ1v) is 11.1. The lowest BCUT2D eigenvalue weighted by atomic mass is 10.1. The standard InChI is InChI=1S/C19H27N5O2S.HI/c1-2-20-19(21-12-16-8-11-27(25,26)15-16)22-13-17-6-3-4-7-18(17)14-24-10-5-9-23-24;/h3-7,9-10,16H,2,8,11-15H2,1H3,(H2,20,21,22);1H. The third-order valence-corrected chi connectivity index (χ3v) is 6.48. The van der Waals surface area contributed by atoms with Crippen LogP contribution in [0, 0.1) is 5.92 Å². The molecular weight excluding hydrogens is 489 g/mol. The molecule has 0 amide bonds. The third-order valence-electron chi connectivity index (χ3n) is 4.65. The predicted molar refractivity (Wildman–Crippen MR) is 123 cm³/mol. The SMILES string of the molecule is CCNC(=NCc1ccccc1Cn1cccn1)NCC1CCS(=O)(=O)C1.I. The molecule has 1 saturated heterocycles. The van der Waals surface area contributed by atoms with Crippen molar-refractivity contribution in [3.8, 4) is 0 Å². The Morgan fingerprint density at radius 3 is 2.68 bits per heavy atom. The molecule has 0 saturated carbocycles. The lowest BCUT2D eigenvalue weighted by molar-refractivity contribution is 0.567. The Hall–Kier alpha value is -1.62. The minimum absolute atomic E-state index is 0. The van der Waals surface area contributed by atoms with Gasteiger partial charge in [0.05, 0.1) is 24.6 Å². The van der Waals surface area contributed by atoms with E-state index in [-0.39, 0.29) is 35.6 Å². The highest BCUT2D eigenvalue weighted by Crippen LogP contribution is 2.17. The van der Waals surface area contributed by atoms with E-state index >= 15 is 0 Å². The third kappa shape index (κ3) is 6.77. The van der Waals surface area contributed by atoms with Gasteiger partial charge in [0.15, 0.2) is 15.8 Å². The van der Waals surface area contributed by atoms with Gasteiger partial charge in [-0.2, -0.15) is 5.10 Å². The summed E-state index contributed by atoms with van der Waals surface area (Å²) in [6.45, 7) is 4.66. The molecule has 2 N–H and O–H groups in total. The van der Waals surface area contributed by atoms with Crippen molar-refractivity contribution in [2.75, 3.05) is 24.6 Å². The fourth-order valence-corrected chi connectivity index (χ4v) is 5.08. The van der Waals surface area contributed by atoms with Crippen molar-refractivity contribution in [2.24, 2.45) is 10.9 Å². The van der Waals surface area contributed by atoms with Crippen molar-refractivity contribution >= 4 is 39.8 Å². The number of aliphatic imine (C=N–C) groups is 1. The second-order valence-electron chi connectivity index (χ2n) is 6.82. The molecule has 154 valence electrons. The average Bonchev–Trinajstić information content (AvgIpc) is 3.27. The summed E-state index contributed by atoms with van der Waals surface area (Å²) in [4.78, 5) is 4.69. The van der Waals surface area contributed by atoms with Gasteiger partial charge in [-0.1, -0.05) is 24.3 Å². The van der Waals surface area contributed by atoms with Crippen LogP contribution in [0.15, 0.2) is 47.7 Å². The van der Waals surface area contributed by atoms with Crippen molar-refractivity contribution in [1.29, 1.82) is 0 Å². The van der Waals surface area contributed by atoms with E-state index < -0.39 is 9.84 Å². The Kier molecular flexibility index (Phi) is 8.74. The van der Waals surface area contributed by atoms with E-state index in [0.29, 0.717) is 25.4 Å². The number of nitrogens with zero attached hydrogens (tertiary/aromatic N) is 3. The van der Waals surface area contributed by atoms with E-state index in [9.17, 15) is 8.42 Å². The first-order valence-electron chi connectivity index (χ1n) is 9.32. The highest BCUT2D eigenvalue weighted by atomic mass is 127. The summed E-state index contributed by atoms with van der Waals surface area (Å²) in [5.74, 6) is 1.45. The number of nitrogens with one attached hydrogen (secondary N) is 2. The molecule has 2 aromatic rings. The first kappa shape index (κ1) is 22.7. The highest BCUT2D eigenvalue weighted by Gasteiger charge is 2.27. The van der Waals surface area contributed by atoms with Gasteiger partial charge < -0.3 is 10.6 Å². The summed E-state index contributed by atoms with van der Waals surface area (Å²) in [7, 11) is -2.85. The topological polar surface area (TPSA) is 88.4 Å². The van der Waals surface area contributed by atoms with E-state index in [2.05, 4.69) is 32.9 Å². The first-order chi connectivity index (χ1) is 13.1. The zero-order chi connectivity index (χ0) is 19.1. The molecule has 2 heterocycles. The van der Waals surface area contributed by atoms with Crippen LogP contribution in [0.25, 0.3) is 0 Å². The zero-order valence-electron chi connectivity index (χ0n) is 16.0. The Morgan fingerprint density at radius 2 is 2.04 bits per heavy atom. The second kappa shape index (κ2) is 10.8. The van der Waals surface area contributed by atoms with Crippen molar-refractivity contribution in [3.63, 3.8) is 0 Å². The van der Waals surface area contributed by atoms with Crippen LogP contribution < -0.4 is 10.6 Å². The molecular formula is C19H28IN5O2S. The van der Waals surface area contributed by atoms with Crippen LogP contribution in [0.4, 0.5) is 0 Å². The number of rotatable bonds is 7. The Morgan fingerprint density at radius 1 is 1.25 bits per heavy atom. The second-order valence-corrected chi connectivity index (χ2v) is 9.05. The molecule has 3 rings (SSSR count). The summed E-state index contributed by atoms with van der Waals surface area (Å²) in [5.41, 5.74) is 2.33. The number of halogens is 1. The number of benzene rings is 1. The molecule has 0 radical (unpaired) electrons. The van der Waals surface area contributed by atoms with E-state index in [1.54, 1.807) is 6.20 Å². The van der Waals surface area contributed by atoms with Crippen LogP contribution >= 0.6 is 24.0 Å². The Bertz CT molecular complexity index is 868. The lowest BCUT2D eigenvalue weighted by Gasteiger charge is -2.15. The largest absolute Gasteiger partial charge is 0.357 e. The monoisotopic (exact) mass is 517 g/mol. The molecule has 1 atom stereocenters. The van der Waals surface area contributed by atoms with Gasteiger partial charge in [-0.25, -0.2) is 13.4 Å². The minimum atomic E-state index is -2.85. The molecule has 28 heavy (non-hydrogen) atoms. The molecule has 1 aromatic carbocycles. The van der Waals surface area contributed by atoms with Crippen molar-refractivity contribution in [3.05, 3.63) is 53.9 Å². The number of aromatic nitrogens is 2. The molecule has 1 aromatic heterocycles. The van der Waals surface area contributed by atoms with E-state index in [1.807, 2.05) is 36.0 Å². The molecule has 0 aliphatic carbocycles. The molecule has 7 nitrogen and oxygen atoms in total. The smallest absolute Gasteiger partial charge is 0.191 e. The van der Waals surface area contributed by atoms with Crippen LogP contribution in [0.1, 0.15) is 24.5 Å². The normalized spacial score (nSPS) is 18.5. The molecule has 1 fully saturated rings. The maximum Gasteiger partial charge on any atom is 0.191 e. The van der Waals surface area contributed by atoms with Gasteiger partial charge in [0.25, 0.3) is 0 Å². The van der Waals surface area contributed by atoms with Crippen LogP contribution in [-0.2, 0) is 22.9 Å². The van der Waals surface area contributed by atoms with Crippen LogP contribution in [0.2, 0.25) is 0 Å². The van der Waals surface area contributed by atoms with Gasteiger partial charge in [0.1, 0.15) is 0 Å². The summed E-state index contributed by atoms with van der Waals surface area (Å²) in [5, 5.41) is 10.8. The van der Waals surface area contributed by atoms with Gasteiger partial charge in [-0.3, -0.25) is 4.68 Å². The Balaban J connectivity index is 0.00000280. The summed E-state index contributed by atoms with van der Waals surface area (Å²) in [6.07, 6.45) is 4.44. The maximum absolute atomic E-state index is 11.6. The minimum Gasteiger partial charge on any atom is -0.357 e. The number of hydrogen-bond acceptors (Lipinski definition) is 4. The summed E-state index contributed by atoms with van der Waals surface area (Å²) in [6, 6.07) is 10.1. The van der Waals surface area contributed by atoms with Crippen LogP contribution in [0.5, 0.6) is 0 Å². The summed E-state index contributed by atoms with van der Waals surface area (Å²) >= 11 is 0. The lowest BCUT2D eigenvalue weighted by Crippen LogP contribution is -2.40. The molecule has 9 heteroatoms. The molecule has 1 aliphatic rings. The van der Waals surface area contributed by atoms with Crippen molar-refractivity contribution < 1.29 is 8.42 Å². The van der Waals surface area contributed by atoms with Gasteiger partial charge in [0, 0.05) is 25.5 Å². The molecule has 0 bridgehead atoms. The number of sulfone groups is 1. The van der Waals surface area contributed by atoms with Crippen LogP contribution in [-0.4, -0.2) is 48.8 Å².